The van der Waals surface area contributed by atoms with E-state index in [0.29, 0.717) is 22.9 Å². The molecule has 1 fully saturated rings. The molecule has 1 aliphatic rings. The molecule has 0 amide bonds. The molecular weight excluding hydrogens is 414 g/mol. The molecule has 168 valence electrons. The standard InChI is InChI=1S/C25H27N7O/c1-16-24(17(2)32(30-16)21-7-10-27-11-8-21)19-12-23(25-20(13-26)14-29-31(25)15-19)33-18(3)22-6-4-5-9-28-22/h4-6,9,12,14-15,18,21,27H,7-8,10-11H2,1-3H3/t18-/m1/s1. The normalized spacial score (nSPS) is 15.5. The minimum absolute atomic E-state index is 0.286. The monoisotopic (exact) mass is 441 g/mol. The van der Waals surface area contributed by atoms with Crippen LogP contribution in [0.2, 0.25) is 0 Å². The molecule has 0 radical (unpaired) electrons. The van der Waals surface area contributed by atoms with Crippen LogP contribution in [-0.2, 0) is 0 Å². The molecule has 0 unspecified atom stereocenters. The Morgan fingerprint density at radius 2 is 2.06 bits per heavy atom. The molecule has 0 saturated carbocycles. The highest BCUT2D eigenvalue weighted by Gasteiger charge is 2.23. The predicted octanol–water partition coefficient (Wildman–Crippen LogP) is 4.15. The SMILES string of the molecule is Cc1nn(C2CCNCC2)c(C)c1-c1cc(O[C@H](C)c2ccccn2)c2c(C#N)cnn2c1. The van der Waals surface area contributed by atoms with E-state index >= 15 is 0 Å². The first-order chi connectivity index (χ1) is 16.1. The maximum absolute atomic E-state index is 9.63. The van der Waals surface area contributed by atoms with Crippen LogP contribution in [0, 0.1) is 25.2 Å². The Labute approximate surface area is 192 Å². The van der Waals surface area contributed by atoms with Crippen molar-refractivity contribution in [2.45, 2.75) is 45.8 Å². The summed E-state index contributed by atoms with van der Waals surface area (Å²) in [6, 6.07) is 10.4. The molecule has 5 heterocycles. The first-order valence-corrected chi connectivity index (χ1v) is 11.3. The van der Waals surface area contributed by atoms with Gasteiger partial charge in [0.15, 0.2) is 0 Å². The van der Waals surface area contributed by atoms with E-state index in [0.717, 1.165) is 54.1 Å². The molecule has 0 aliphatic carbocycles. The fourth-order valence-electron chi connectivity index (χ4n) is 4.75. The van der Waals surface area contributed by atoms with Crippen molar-refractivity contribution in [1.29, 1.82) is 5.26 Å². The zero-order valence-electron chi connectivity index (χ0n) is 19.1. The van der Waals surface area contributed by atoms with Crippen LogP contribution in [-0.4, -0.2) is 37.5 Å². The zero-order chi connectivity index (χ0) is 22.9. The second-order valence-corrected chi connectivity index (χ2v) is 8.54. The first kappa shape index (κ1) is 21.2. The van der Waals surface area contributed by atoms with Crippen molar-refractivity contribution in [1.82, 2.24) is 29.7 Å². The summed E-state index contributed by atoms with van der Waals surface area (Å²) < 4.78 is 10.3. The second-order valence-electron chi connectivity index (χ2n) is 8.54. The first-order valence-electron chi connectivity index (χ1n) is 11.3. The van der Waals surface area contributed by atoms with E-state index in [9.17, 15) is 5.26 Å². The summed E-state index contributed by atoms with van der Waals surface area (Å²) in [6.07, 6.45) is 7.14. The van der Waals surface area contributed by atoms with Crippen LogP contribution in [0.5, 0.6) is 5.75 Å². The van der Waals surface area contributed by atoms with E-state index in [-0.39, 0.29) is 6.10 Å². The van der Waals surface area contributed by atoms with Gasteiger partial charge < -0.3 is 10.1 Å². The van der Waals surface area contributed by atoms with Gasteiger partial charge in [0.05, 0.1) is 23.6 Å². The van der Waals surface area contributed by atoms with E-state index in [1.54, 1.807) is 16.9 Å². The smallest absolute Gasteiger partial charge is 0.148 e. The Morgan fingerprint density at radius 1 is 1.24 bits per heavy atom. The Bertz CT molecular complexity index is 1330. The summed E-state index contributed by atoms with van der Waals surface area (Å²) in [7, 11) is 0. The van der Waals surface area contributed by atoms with Gasteiger partial charge in [0.2, 0.25) is 0 Å². The van der Waals surface area contributed by atoms with Gasteiger partial charge in [0, 0.05) is 29.2 Å². The van der Waals surface area contributed by atoms with E-state index in [4.69, 9.17) is 9.84 Å². The summed E-state index contributed by atoms with van der Waals surface area (Å²) in [5.74, 6) is 0.605. The zero-order valence-corrected chi connectivity index (χ0v) is 19.1. The molecule has 1 aliphatic heterocycles. The Morgan fingerprint density at radius 3 is 2.79 bits per heavy atom. The minimum atomic E-state index is -0.286. The fourth-order valence-corrected chi connectivity index (χ4v) is 4.75. The van der Waals surface area contributed by atoms with Crippen LogP contribution in [0.1, 0.15) is 54.6 Å². The molecular formula is C25H27N7O. The lowest BCUT2D eigenvalue weighted by Gasteiger charge is -2.24. The van der Waals surface area contributed by atoms with Gasteiger partial charge in [0.25, 0.3) is 0 Å². The Balaban J connectivity index is 1.60. The molecule has 4 aromatic heterocycles. The second kappa shape index (κ2) is 8.68. The average molecular weight is 442 g/mol. The molecule has 0 spiro atoms. The van der Waals surface area contributed by atoms with Gasteiger partial charge in [-0.05, 0) is 64.9 Å². The van der Waals surface area contributed by atoms with Crippen LogP contribution in [0.4, 0.5) is 0 Å². The number of nitrogens with one attached hydrogen (secondary N) is 1. The van der Waals surface area contributed by atoms with Crippen molar-refractivity contribution in [3.63, 3.8) is 0 Å². The quantitative estimate of drug-likeness (QED) is 0.500. The number of pyridine rings is 2. The summed E-state index contributed by atoms with van der Waals surface area (Å²) in [5.41, 5.74) is 6.11. The van der Waals surface area contributed by atoms with Crippen LogP contribution in [0.25, 0.3) is 16.6 Å². The topological polar surface area (TPSA) is 93.1 Å². The van der Waals surface area contributed by atoms with Crippen LogP contribution < -0.4 is 10.1 Å². The van der Waals surface area contributed by atoms with Gasteiger partial charge in [-0.15, -0.1) is 0 Å². The molecule has 0 bridgehead atoms. The van der Waals surface area contributed by atoms with Gasteiger partial charge >= 0.3 is 0 Å². The van der Waals surface area contributed by atoms with Gasteiger partial charge in [-0.25, -0.2) is 4.52 Å². The number of hydrogen-bond acceptors (Lipinski definition) is 6. The molecule has 8 nitrogen and oxygen atoms in total. The Hall–Kier alpha value is -3.70. The number of hydrogen-bond donors (Lipinski definition) is 1. The number of nitrogens with zero attached hydrogens (tertiary/aromatic N) is 6. The minimum Gasteiger partial charge on any atom is -0.482 e. The fraction of sp³-hybridized carbons (Fsp3) is 0.360. The molecule has 8 heteroatoms. The lowest BCUT2D eigenvalue weighted by Crippen LogP contribution is -2.30. The number of nitriles is 1. The molecule has 4 aromatic rings. The number of rotatable bonds is 5. The molecule has 1 atom stereocenters. The number of aromatic nitrogens is 5. The predicted molar refractivity (Wildman–Crippen MR) is 125 cm³/mol. The number of aryl methyl sites for hydroxylation is 1. The largest absolute Gasteiger partial charge is 0.482 e. The van der Waals surface area contributed by atoms with Crippen LogP contribution >= 0.6 is 0 Å². The van der Waals surface area contributed by atoms with Gasteiger partial charge in [-0.2, -0.15) is 15.5 Å². The lowest BCUT2D eigenvalue weighted by atomic mass is 10.0. The van der Waals surface area contributed by atoms with Crippen molar-refractivity contribution < 1.29 is 4.74 Å². The molecule has 1 N–H and O–H groups in total. The average Bonchev–Trinajstić information content (AvgIpc) is 3.40. The summed E-state index contributed by atoms with van der Waals surface area (Å²) in [6.45, 7) is 8.16. The summed E-state index contributed by atoms with van der Waals surface area (Å²) >= 11 is 0. The molecule has 33 heavy (non-hydrogen) atoms. The number of piperidine rings is 1. The van der Waals surface area contributed by atoms with Crippen LogP contribution in [0.3, 0.4) is 0 Å². The third kappa shape index (κ3) is 3.85. The van der Waals surface area contributed by atoms with E-state index in [1.165, 1.54) is 0 Å². The van der Waals surface area contributed by atoms with E-state index in [2.05, 4.69) is 33.1 Å². The molecule has 1 saturated heterocycles. The maximum atomic E-state index is 9.63. The lowest BCUT2D eigenvalue weighted by molar-refractivity contribution is 0.224. The third-order valence-electron chi connectivity index (χ3n) is 6.37. The third-order valence-corrected chi connectivity index (χ3v) is 6.37. The maximum Gasteiger partial charge on any atom is 0.148 e. The van der Waals surface area contributed by atoms with Crippen molar-refractivity contribution in [2.75, 3.05) is 13.1 Å². The number of fused-ring (bicyclic) bond motifs is 1. The number of ether oxygens (including phenoxy) is 1. The van der Waals surface area contributed by atoms with Gasteiger partial charge in [-0.3, -0.25) is 9.67 Å². The highest BCUT2D eigenvalue weighted by molar-refractivity contribution is 5.77. The van der Waals surface area contributed by atoms with Gasteiger partial charge in [0.1, 0.15) is 29.0 Å². The van der Waals surface area contributed by atoms with Crippen molar-refractivity contribution in [3.05, 3.63) is 65.5 Å². The van der Waals surface area contributed by atoms with Crippen molar-refractivity contribution in [2.24, 2.45) is 0 Å². The Kier molecular flexibility index (Phi) is 5.56. The van der Waals surface area contributed by atoms with Crippen LogP contribution in [0.15, 0.2) is 42.9 Å². The van der Waals surface area contributed by atoms with E-state index < -0.39 is 0 Å². The highest BCUT2D eigenvalue weighted by atomic mass is 16.5. The molecule has 5 rings (SSSR count). The molecule has 0 aromatic carbocycles. The van der Waals surface area contributed by atoms with Gasteiger partial charge in [-0.1, -0.05) is 6.07 Å². The summed E-state index contributed by atoms with van der Waals surface area (Å²) in [4.78, 5) is 4.42. The van der Waals surface area contributed by atoms with E-state index in [1.807, 2.05) is 44.3 Å². The highest BCUT2D eigenvalue weighted by Crippen LogP contribution is 2.36. The van der Waals surface area contributed by atoms with Crippen molar-refractivity contribution >= 4 is 5.52 Å². The summed E-state index contributed by atoms with van der Waals surface area (Å²) in [5, 5.41) is 22.4. The van der Waals surface area contributed by atoms with Crippen molar-refractivity contribution in [3.8, 4) is 22.9 Å².